The fourth-order valence-corrected chi connectivity index (χ4v) is 1.54. The van der Waals surface area contributed by atoms with E-state index in [1.54, 1.807) is 6.92 Å². The fraction of sp³-hybridized carbons (Fsp3) is 0.250. The van der Waals surface area contributed by atoms with E-state index in [9.17, 15) is 9.59 Å². The van der Waals surface area contributed by atoms with Gasteiger partial charge in [0.2, 0.25) is 5.69 Å². The molecular formula is C12H13N3O3. The Kier molecular flexibility index (Phi) is 3.57. The van der Waals surface area contributed by atoms with Crippen LogP contribution in [0.3, 0.4) is 0 Å². The molecule has 1 aromatic carbocycles. The van der Waals surface area contributed by atoms with Gasteiger partial charge < -0.3 is 4.74 Å². The molecule has 0 aliphatic carbocycles. The predicted molar refractivity (Wildman–Crippen MR) is 64.3 cm³/mol. The quantitative estimate of drug-likeness (QED) is 0.810. The third-order valence-corrected chi connectivity index (χ3v) is 2.38. The third-order valence-electron chi connectivity index (χ3n) is 2.38. The van der Waals surface area contributed by atoms with Crippen molar-refractivity contribution in [2.45, 2.75) is 13.5 Å². The molecule has 1 N–H and O–H groups in total. The Bertz CT molecular complexity index is 586. The van der Waals surface area contributed by atoms with Crippen LogP contribution in [0.15, 0.2) is 35.1 Å². The Morgan fingerprint density at radius 1 is 1.39 bits per heavy atom. The van der Waals surface area contributed by atoms with E-state index in [0.717, 1.165) is 5.56 Å². The Morgan fingerprint density at radius 2 is 2.11 bits per heavy atom. The minimum Gasteiger partial charge on any atom is -0.461 e. The number of ether oxygens (including phenoxy) is 1. The highest BCUT2D eigenvalue weighted by atomic mass is 16.5. The molecule has 0 saturated carbocycles. The Morgan fingerprint density at radius 3 is 2.78 bits per heavy atom. The molecule has 0 spiro atoms. The lowest BCUT2D eigenvalue weighted by Gasteiger charge is -1.99. The van der Waals surface area contributed by atoms with Crippen LogP contribution in [0.5, 0.6) is 0 Å². The first-order chi connectivity index (χ1) is 8.72. The first-order valence-corrected chi connectivity index (χ1v) is 5.58. The molecule has 2 rings (SSSR count). The number of nitrogens with one attached hydrogen (secondary N) is 1. The van der Waals surface area contributed by atoms with Crippen LogP contribution in [-0.4, -0.2) is 27.6 Å². The van der Waals surface area contributed by atoms with Crippen LogP contribution < -0.4 is 5.56 Å². The van der Waals surface area contributed by atoms with Gasteiger partial charge in [-0.25, -0.2) is 14.7 Å². The molecule has 18 heavy (non-hydrogen) atoms. The molecule has 0 saturated heterocycles. The summed E-state index contributed by atoms with van der Waals surface area (Å²) in [4.78, 5) is 23.3. The van der Waals surface area contributed by atoms with Gasteiger partial charge in [-0.15, -0.1) is 5.10 Å². The molecule has 0 unspecified atom stereocenters. The predicted octanol–water partition coefficient (Wildman–Crippen LogP) is 0.796. The van der Waals surface area contributed by atoms with Crippen molar-refractivity contribution in [2.24, 2.45) is 0 Å². The van der Waals surface area contributed by atoms with Crippen LogP contribution >= 0.6 is 0 Å². The number of carbonyl (C=O) groups is 1. The fourth-order valence-electron chi connectivity index (χ4n) is 1.54. The van der Waals surface area contributed by atoms with Crippen LogP contribution in [0.25, 0.3) is 0 Å². The average Bonchev–Trinajstić information content (AvgIpc) is 2.73. The number of aromatic nitrogens is 3. The number of aromatic amines is 1. The lowest BCUT2D eigenvalue weighted by molar-refractivity contribution is 0.0517. The minimum absolute atomic E-state index is 0.212. The van der Waals surface area contributed by atoms with Crippen molar-refractivity contribution >= 4 is 5.97 Å². The number of hydrogen-bond acceptors (Lipinski definition) is 4. The van der Waals surface area contributed by atoms with E-state index in [1.807, 2.05) is 30.3 Å². The monoisotopic (exact) mass is 247 g/mol. The van der Waals surface area contributed by atoms with Crippen molar-refractivity contribution in [1.29, 1.82) is 0 Å². The molecule has 0 aliphatic heterocycles. The van der Waals surface area contributed by atoms with E-state index >= 15 is 0 Å². The molecule has 0 aliphatic rings. The molecule has 6 heteroatoms. The number of benzene rings is 1. The minimum atomic E-state index is -0.703. The summed E-state index contributed by atoms with van der Waals surface area (Å²) in [6.45, 7) is 2.23. The molecule has 0 bridgehead atoms. The van der Waals surface area contributed by atoms with Crippen molar-refractivity contribution in [1.82, 2.24) is 15.0 Å². The molecule has 1 aromatic heterocycles. The number of H-pyrrole nitrogens is 1. The van der Waals surface area contributed by atoms with Crippen molar-refractivity contribution in [2.75, 3.05) is 6.61 Å². The summed E-state index contributed by atoms with van der Waals surface area (Å²) < 4.78 is 6.00. The molecule has 6 nitrogen and oxygen atoms in total. The number of rotatable bonds is 4. The van der Waals surface area contributed by atoms with Gasteiger partial charge in [0, 0.05) is 0 Å². The van der Waals surface area contributed by atoms with Crippen LogP contribution in [-0.2, 0) is 11.3 Å². The number of esters is 1. The second-order valence-corrected chi connectivity index (χ2v) is 3.66. The normalized spacial score (nSPS) is 10.3. The maximum atomic E-state index is 11.9. The summed E-state index contributed by atoms with van der Waals surface area (Å²) in [5, 5.41) is 6.20. The van der Waals surface area contributed by atoms with Gasteiger partial charge in [-0.2, -0.15) is 0 Å². The summed E-state index contributed by atoms with van der Waals surface area (Å²) in [5.41, 5.74) is 0.253. The molecule has 1 heterocycles. The molecule has 94 valence electrons. The first-order valence-electron chi connectivity index (χ1n) is 5.58. The zero-order valence-corrected chi connectivity index (χ0v) is 9.92. The summed E-state index contributed by atoms with van der Waals surface area (Å²) in [6.07, 6.45) is 0. The van der Waals surface area contributed by atoms with E-state index in [-0.39, 0.29) is 12.3 Å². The Balaban J connectivity index is 2.21. The van der Waals surface area contributed by atoms with Gasteiger partial charge in [-0.05, 0) is 12.5 Å². The number of hydrogen-bond donors (Lipinski definition) is 1. The first kappa shape index (κ1) is 12.1. The van der Waals surface area contributed by atoms with Crippen molar-refractivity contribution in [3.63, 3.8) is 0 Å². The van der Waals surface area contributed by atoms with Gasteiger partial charge in [0.25, 0.3) is 0 Å². The van der Waals surface area contributed by atoms with Crippen molar-refractivity contribution in [3.05, 3.63) is 51.9 Å². The van der Waals surface area contributed by atoms with E-state index in [4.69, 9.17) is 4.74 Å². The van der Waals surface area contributed by atoms with Gasteiger partial charge in [-0.1, -0.05) is 30.3 Å². The highest BCUT2D eigenvalue weighted by Crippen LogP contribution is 1.99. The lowest BCUT2D eigenvalue weighted by atomic mass is 10.2. The smallest absolute Gasteiger partial charge is 0.364 e. The maximum Gasteiger partial charge on any atom is 0.364 e. The zero-order valence-electron chi connectivity index (χ0n) is 9.92. The summed E-state index contributed by atoms with van der Waals surface area (Å²) in [5.74, 6) is -0.703. The van der Waals surface area contributed by atoms with Gasteiger partial charge in [0.15, 0.2) is 0 Å². The summed E-state index contributed by atoms with van der Waals surface area (Å²) in [6, 6.07) is 9.42. The summed E-state index contributed by atoms with van der Waals surface area (Å²) in [7, 11) is 0. The topological polar surface area (TPSA) is 77.0 Å². The molecule has 0 atom stereocenters. The van der Waals surface area contributed by atoms with Gasteiger partial charge in [-0.3, -0.25) is 4.79 Å². The average molecular weight is 247 g/mol. The highest BCUT2D eigenvalue weighted by Gasteiger charge is 2.17. The van der Waals surface area contributed by atoms with Crippen LogP contribution in [0, 0.1) is 0 Å². The standard InChI is InChI=1S/C12H13N3O3/c1-2-18-12(17)10-11(16)15(14-13-10)8-9-6-4-3-5-7-9/h3-7,14H,2,8H2,1H3. The molecule has 0 amide bonds. The van der Waals surface area contributed by atoms with Crippen LogP contribution in [0.1, 0.15) is 23.0 Å². The van der Waals surface area contributed by atoms with Gasteiger partial charge in [0.05, 0.1) is 13.2 Å². The highest BCUT2D eigenvalue weighted by molar-refractivity contribution is 5.86. The van der Waals surface area contributed by atoms with E-state index in [0.29, 0.717) is 6.54 Å². The second kappa shape index (κ2) is 5.31. The van der Waals surface area contributed by atoms with Gasteiger partial charge >= 0.3 is 11.5 Å². The number of nitrogens with zero attached hydrogens (tertiary/aromatic N) is 2. The zero-order chi connectivity index (χ0) is 13.0. The van der Waals surface area contributed by atoms with E-state index in [2.05, 4.69) is 10.3 Å². The molecule has 2 aromatic rings. The third kappa shape index (κ3) is 2.48. The SMILES string of the molecule is CCOC(=O)c1n[nH]n(Cc2ccccc2)c1=O. The lowest BCUT2D eigenvalue weighted by Crippen LogP contribution is -2.23. The Labute approximate surface area is 103 Å². The molecule has 0 fully saturated rings. The molecular weight excluding hydrogens is 234 g/mol. The van der Waals surface area contributed by atoms with E-state index in [1.165, 1.54) is 4.68 Å². The second-order valence-electron chi connectivity index (χ2n) is 3.66. The van der Waals surface area contributed by atoms with Crippen LogP contribution in [0.4, 0.5) is 0 Å². The molecule has 0 radical (unpaired) electrons. The van der Waals surface area contributed by atoms with Gasteiger partial charge in [0.1, 0.15) is 0 Å². The van der Waals surface area contributed by atoms with Crippen molar-refractivity contribution in [3.8, 4) is 0 Å². The maximum absolute atomic E-state index is 11.9. The largest absolute Gasteiger partial charge is 0.461 e. The summed E-state index contributed by atoms with van der Waals surface area (Å²) >= 11 is 0. The van der Waals surface area contributed by atoms with E-state index < -0.39 is 11.5 Å². The van der Waals surface area contributed by atoms with Crippen LogP contribution in [0.2, 0.25) is 0 Å². The van der Waals surface area contributed by atoms with Crippen molar-refractivity contribution < 1.29 is 9.53 Å². The number of carbonyl (C=O) groups excluding carboxylic acids is 1. The Hall–Kier alpha value is -2.37.